The predicted molar refractivity (Wildman–Crippen MR) is 68.4 cm³/mol. The molecule has 0 aliphatic heterocycles. The number of rotatable bonds is 6. The Kier molecular flexibility index (Phi) is 5.61. The van der Waals surface area contributed by atoms with Gasteiger partial charge in [-0.3, -0.25) is 14.9 Å². The van der Waals surface area contributed by atoms with Crippen LogP contribution in [0.2, 0.25) is 5.02 Å². The maximum absolute atomic E-state index is 11.4. The van der Waals surface area contributed by atoms with Crippen molar-refractivity contribution in [1.29, 1.82) is 0 Å². The lowest BCUT2D eigenvalue weighted by Crippen LogP contribution is -2.41. The van der Waals surface area contributed by atoms with Gasteiger partial charge in [0.05, 0.1) is 6.54 Å². The highest BCUT2D eigenvalue weighted by molar-refractivity contribution is 6.30. The Bertz CT molecular complexity index is 420. The smallest absolute Gasteiger partial charge is 0.320 e. The summed E-state index contributed by atoms with van der Waals surface area (Å²) in [6, 6.07) is 6.37. The quantitative estimate of drug-likeness (QED) is 0.721. The summed E-state index contributed by atoms with van der Waals surface area (Å²) in [6.45, 7) is 1.84. The molecule has 18 heavy (non-hydrogen) atoms. The van der Waals surface area contributed by atoms with E-state index in [2.05, 4.69) is 10.6 Å². The molecule has 3 N–H and O–H groups in total. The highest BCUT2D eigenvalue weighted by Crippen LogP contribution is 2.08. The topological polar surface area (TPSA) is 78.4 Å². The molecular weight excluding hydrogens is 256 g/mol. The van der Waals surface area contributed by atoms with Crippen molar-refractivity contribution in [2.75, 3.05) is 6.54 Å². The van der Waals surface area contributed by atoms with Gasteiger partial charge in [-0.2, -0.15) is 0 Å². The van der Waals surface area contributed by atoms with Crippen molar-refractivity contribution >= 4 is 23.5 Å². The van der Waals surface area contributed by atoms with E-state index in [1.54, 1.807) is 12.1 Å². The molecule has 0 saturated carbocycles. The third kappa shape index (κ3) is 5.16. The van der Waals surface area contributed by atoms with Crippen LogP contribution in [0.15, 0.2) is 24.3 Å². The first kappa shape index (κ1) is 14.5. The largest absolute Gasteiger partial charge is 0.480 e. The van der Waals surface area contributed by atoms with E-state index in [1.165, 1.54) is 6.92 Å². The van der Waals surface area contributed by atoms with Crippen molar-refractivity contribution in [2.24, 2.45) is 0 Å². The van der Waals surface area contributed by atoms with Gasteiger partial charge in [-0.05, 0) is 24.6 Å². The summed E-state index contributed by atoms with van der Waals surface area (Å²) in [6.07, 6.45) is 0. The van der Waals surface area contributed by atoms with Gasteiger partial charge < -0.3 is 10.4 Å². The first-order valence-electron chi connectivity index (χ1n) is 5.46. The van der Waals surface area contributed by atoms with Gasteiger partial charge in [0.25, 0.3) is 0 Å². The van der Waals surface area contributed by atoms with Crippen LogP contribution in [-0.4, -0.2) is 29.6 Å². The molecule has 6 heteroatoms. The van der Waals surface area contributed by atoms with Gasteiger partial charge in [0, 0.05) is 11.6 Å². The number of carboxylic acid groups (broad SMARTS) is 1. The number of benzene rings is 1. The molecule has 98 valence electrons. The minimum Gasteiger partial charge on any atom is -0.480 e. The molecule has 1 aromatic carbocycles. The van der Waals surface area contributed by atoms with Gasteiger partial charge in [0.1, 0.15) is 6.04 Å². The number of carboxylic acids is 1. The molecule has 0 saturated heterocycles. The predicted octanol–water partition coefficient (Wildman–Crippen LogP) is 1.02. The molecule has 0 heterocycles. The second-order valence-electron chi connectivity index (χ2n) is 3.84. The Balaban J connectivity index is 2.29. The molecule has 0 aliphatic rings. The van der Waals surface area contributed by atoms with Gasteiger partial charge in [-0.1, -0.05) is 23.7 Å². The summed E-state index contributed by atoms with van der Waals surface area (Å²) in [7, 11) is 0. The van der Waals surface area contributed by atoms with E-state index in [9.17, 15) is 9.59 Å². The summed E-state index contributed by atoms with van der Waals surface area (Å²) in [5.41, 5.74) is 0.930. The third-order valence-electron chi connectivity index (χ3n) is 2.34. The number of carbonyl (C=O) groups excluding carboxylic acids is 1. The minimum atomic E-state index is -0.986. The molecule has 1 rings (SSSR count). The third-order valence-corrected chi connectivity index (χ3v) is 2.59. The van der Waals surface area contributed by atoms with E-state index in [-0.39, 0.29) is 12.5 Å². The Morgan fingerprint density at radius 3 is 2.50 bits per heavy atom. The lowest BCUT2D eigenvalue weighted by atomic mass is 10.2. The van der Waals surface area contributed by atoms with Gasteiger partial charge >= 0.3 is 5.97 Å². The van der Waals surface area contributed by atoms with Gasteiger partial charge in [0.15, 0.2) is 0 Å². The Labute approximate surface area is 110 Å². The average molecular weight is 271 g/mol. The fourth-order valence-corrected chi connectivity index (χ4v) is 1.32. The Morgan fingerprint density at radius 2 is 1.94 bits per heavy atom. The number of carbonyl (C=O) groups is 2. The van der Waals surface area contributed by atoms with Crippen molar-refractivity contribution in [3.05, 3.63) is 34.9 Å². The van der Waals surface area contributed by atoms with Crippen molar-refractivity contribution in [1.82, 2.24) is 10.6 Å². The van der Waals surface area contributed by atoms with Crippen LogP contribution < -0.4 is 10.6 Å². The number of halogens is 1. The van der Waals surface area contributed by atoms with E-state index < -0.39 is 12.0 Å². The molecule has 1 unspecified atom stereocenters. The van der Waals surface area contributed by atoms with E-state index in [0.29, 0.717) is 11.6 Å². The van der Waals surface area contributed by atoms with E-state index in [1.807, 2.05) is 12.1 Å². The average Bonchev–Trinajstić information content (AvgIpc) is 2.35. The van der Waals surface area contributed by atoms with Crippen LogP contribution in [-0.2, 0) is 16.1 Å². The van der Waals surface area contributed by atoms with Crippen LogP contribution in [0.5, 0.6) is 0 Å². The monoisotopic (exact) mass is 270 g/mol. The van der Waals surface area contributed by atoms with Crippen molar-refractivity contribution in [3.63, 3.8) is 0 Å². The number of hydrogen-bond acceptors (Lipinski definition) is 3. The molecule has 0 aliphatic carbocycles. The maximum atomic E-state index is 11.4. The molecule has 1 amide bonds. The first-order valence-corrected chi connectivity index (χ1v) is 5.84. The molecule has 0 radical (unpaired) electrons. The van der Waals surface area contributed by atoms with E-state index in [0.717, 1.165) is 5.56 Å². The van der Waals surface area contributed by atoms with Crippen LogP contribution in [0.25, 0.3) is 0 Å². The van der Waals surface area contributed by atoms with E-state index >= 15 is 0 Å². The molecule has 0 aromatic heterocycles. The normalized spacial score (nSPS) is 11.9. The summed E-state index contributed by atoms with van der Waals surface area (Å²) < 4.78 is 0. The van der Waals surface area contributed by atoms with Crippen LogP contribution in [0.4, 0.5) is 0 Å². The van der Waals surface area contributed by atoms with Crippen LogP contribution >= 0.6 is 11.6 Å². The van der Waals surface area contributed by atoms with Crippen molar-refractivity contribution in [2.45, 2.75) is 19.5 Å². The fourth-order valence-electron chi connectivity index (χ4n) is 1.20. The standard InChI is InChI=1S/C12H15ClN2O3/c1-8(12(17)18)14-7-11(16)15-6-9-2-4-10(13)5-3-9/h2-5,8,14H,6-7H2,1H3,(H,15,16)(H,17,18). The highest BCUT2D eigenvalue weighted by atomic mass is 35.5. The molecule has 5 nitrogen and oxygen atoms in total. The summed E-state index contributed by atoms with van der Waals surface area (Å²) >= 11 is 5.74. The van der Waals surface area contributed by atoms with Crippen molar-refractivity contribution < 1.29 is 14.7 Å². The highest BCUT2D eigenvalue weighted by Gasteiger charge is 2.11. The van der Waals surface area contributed by atoms with Gasteiger partial charge in [-0.25, -0.2) is 0 Å². The van der Waals surface area contributed by atoms with Crippen molar-refractivity contribution in [3.8, 4) is 0 Å². The SMILES string of the molecule is CC(NCC(=O)NCc1ccc(Cl)cc1)C(=O)O. The molecular formula is C12H15ClN2O3. The van der Waals surface area contributed by atoms with Crippen LogP contribution in [0.1, 0.15) is 12.5 Å². The zero-order valence-corrected chi connectivity index (χ0v) is 10.7. The summed E-state index contributed by atoms with van der Waals surface area (Å²) in [5.74, 6) is -1.24. The number of aliphatic carboxylic acids is 1. The maximum Gasteiger partial charge on any atom is 0.320 e. The molecule has 0 spiro atoms. The van der Waals surface area contributed by atoms with E-state index in [4.69, 9.17) is 16.7 Å². The summed E-state index contributed by atoms with van der Waals surface area (Å²) in [4.78, 5) is 21.9. The molecule has 0 fully saturated rings. The van der Waals surface area contributed by atoms with Crippen LogP contribution in [0.3, 0.4) is 0 Å². The lowest BCUT2D eigenvalue weighted by Gasteiger charge is -2.09. The number of hydrogen-bond donors (Lipinski definition) is 3. The zero-order chi connectivity index (χ0) is 13.5. The minimum absolute atomic E-state index is 0.0267. The van der Waals surface area contributed by atoms with Gasteiger partial charge in [-0.15, -0.1) is 0 Å². The molecule has 0 bridgehead atoms. The lowest BCUT2D eigenvalue weighted by molar-refractivity contribution is -0.139. The second-order valence-corrected chi connectivity index (χ2v) is 4.28. The fraction of sp³-hybridized carbons (Fsp3) is 0.333. The number of amides is 1. The number of nitrogens with one attached hydrogen (secondary N) is 2. The first-order chi connectivity index (χ1) is 8.49. The van der Waals surface area contributed by atoms with Crippen LogP contribution in [0, 0.1) is 0 Å². The van der Waals surface area contributed by atoms with Gasteiger partial charge in [0.2, 0.25) is 5.91 Å². The molecule has 1 aromatic rings. The molecule has 1 atom stereocenters. The second kappa shape index (κ2) is 6.98. The Hall–Kier alpha value is -1.59. The Morgan fingerprint density at radius 1 is 1.33 bits per heavy atom. The zero-order valence-electron chi connectivity index (χ0n) is 9.94. The summed E-state index contributed by atoms with van der Waals surface area (Å²) in [5, 5.41) is 14.5.